The lowest BCUT2D eigenvalue weighted by Gasteiger charge is -2.19. The first kappa shape index (κ1) is 18.9. The smallest absolute Gasteiger partial charge is 0.303 e. The summed E-state index contributed by atoms with van der Waals surface area (Å²) in [6, 6.07) is 0. The lowest BCUT2D eigenvalue weighted by Crippen LogP contribution is -2.35. The zero-order valence-corrected chi connectivity index (χ0v) is 10.8. The van der Waals surface area contributed by atoms with Gasteiger partial charge in [0.05, 0.1) is 32.8 Å². The van der Waals surface area contributed by atoms with E-state index in [2.05, 4.69) is 0 Å². The van der Waals surface area contributed by atoms with Crippen LogP contribution in [0.4, 0.5) is 0 Å². The number of aliphatic hydroxyl groups is 4. The van der Waals surface area contributed by atoms with E-state index < -0.39 is 63.1 Å². The normalized spacial score (nSPS) is 15.6. The minimum Gasteiger partial charge on any atom is -0.481 e. The Bertz CT molecular complexity index is 280. The number of carboxylic acids is 1. The molecule has 0 fully saturated rings. The third kappa shape index (κ3) is 8.91. The summed E-state index contributed by atoms with van der Waals surface area (Å²) in [7, 11) is 0. The Kier molecular flexibility index (Phi) is 10.1. The van der Waals surface area contributed by atoms with E-state index in [1.165, 1.54) is 0 Å². The van der Waals surface area contributed by atoms with Gasteiger partial charge in [0.1, 0.15) is 12.2 Å². The summed E-state index contributed by atoms with van der Waals surface area (Å²) >= 11 is 0. The number of carbonyl (C=O) groups excluding carboxylic acids is 1. The fourth-order valence-corrected chi connectivity index (χ4v) is 1.08. The van der Waals surface area contributed by atoms with Crippen molar-refractivity contribution in [1.82, 2.24) is 0 Å². The van der Waals surface area contributed by atoms with Gasteiger partial charge in [-0.05, 0) is 0 Å². The van der Waals surface area contributed by atoms with Crippen molar-refractivity contribution in [3.05, 3.63) is 0 Å². The monoisotopic (exact) mass is 296 g/mol. The Morgan fingerprint density at radius 1 is 0.900 bits per heavy atom. The van der Waals surface area contributed by atoms with Crippen LogP contribution in [0.15, 0.2) is 0 Å². The molecule has 0 amide bonds. The predicted molar refractivity (Wildman–Crippen MR) is 63.8 cm³/mol. The molecule has 5 N–H and O–H groups in total. The number of carbonyl (C=O) groups is 2. The first-order valence-corrected chi connectivity index (χ1v) is 5.96. The van der Waals surface area contributed by atoms with Gasteiger partial charge in [-0.3, -0.25) is 9.59 Å². The average molecular weight is 296 g/mol. The molecule has 0 saturated carbocycles. The van der Waals surface area contributed by atoms with Gasteiger partial charge in [0, 0.05) is 6.42 Å². The highest BCUT2D eigenvalue weighted by Crippen LogP contribution is 2.05. The van der Waals surface area contributed by atoms with Crippen LogP contribution in [0.5, 0.6) is 0 Å². The Balaban J connectivity index is 4.35. The van der Waals surface area contributed by atoms with E-state index in [0.29, 0.717) is 0 Å². The highest BCUT2D eigenvalue weighted by molar-refractivity contribution is 5.85. The van der Waals surface area contributed by atoms with Crippen LogP contribution in [0.1, 0.15) is 12.8 Å². The molecule has 0 aliphatic carbocycles. The highest BCUT2D eigenvalue weighted by atomic mass is 16.7. The van der Waals surface area contributed by atoms with Crippen LogP contribution in [0.25, 0.3) is 0 Å². The van der Waals surface area contributed by atoms with E-state index in [4.69, 9.17) is 35.0 Å². The molecule has 0 spiro atoms. The minimum absolute atomic E-state index is 0.343. The standard InChI is InChI=1S/C11H20O9/c12-3-7(14)5-19-11(20-6-8(15)4-13)9(16)1-2-10(17)18/h7-8,11-15H,1-6H2,(H,17,18). The van der Waals surface area contributed by atoms with E-state index in [1.54, 1.807) is 0 Å². The van der Waals surface area contributed by atoms with Gasteiger partial charge in [-0.25, -0.2) is 0 Å². The van der Waals surface area contributed by atoms with Gasteiger partial charge in [0.2, 0.25) is 6.29 Å². The number of aliphatic carboxylic acids is 1. The quantitative estimate of drug-likeness (QED) is 0.245. The number of aliphatic hydroxyl groups excluding tert-OH is 4. The fraction of sp³-hybridized carbons (Fsp3) is 0.818. The van der Waals surface area contributed by atoms with Crippen molar-refractivity contribution >= 4 is 11.8 Å². The molecule has 0 aliphatic heterocycles. The van der Waals surface area contributed by atoms with Gasteiger partial charge in [-0.15, -0.1) is 0 Å². The first-order chi connectivity index (χ1) is 9.40. The minimum atomic E-state index is -1.48. The third-order valence-electron chi connectivity index (χ3n) is 2.15. The molecular formula is C11H20O9. The van der Waals surface area contributed by atoms with Crippen molar-refractivity contribution in [2.45, 2.75) is 31.3 Å². The third-order valence-corrected chi connectivity index (χ3v) is 2.15. The Morgan fingerprint density at radius 2 is 1.35 bits per heavy atom. The SMILES string of the molecule is O=C(O)CCC(=O)C(OCC(O)CO)OCC(O)CO. The Morgan fingerprint density at radius 3 is 1.70 bits per heavy atom. The van der Waals surface area contributed by atoms with E-state index in [-0.39, 0.29) is 6.42 Å². The molecule has 9 nitrogen and oxygen atoms in total. The first-order valence-electron chi connectivity index (χ1n) is 5.96. The molecule has 0 aromatic rings. The summed E-state index contributed by atoms with van der Waals surface area (Å²) < 4.78 is 9.83. The van der Waals surface area contributed by atoms with Crippen molar-refractivity contribution in [2.24, 2.45) is 0 Å². The molecule has 0 aromatic heterocycles. The molecule has 0 radical (unpaired) electrons. The number of rotatable bonds is 12. The summed E-state index contributed by atoms with van der Waals surface area (Å²) in [5.41, 5.74) is 0. The number of hydrogen-bond acceptors (Lipinski definition) is 8. The molecule has 118 valence electrons. The molecule has 2 atom stereocenters. The maximum Gasteiger partial charge on any atom is 0.303 e. The van der Waals surface area contributed by atoms with Crippen molar-refractivity contribution in [3.63, 3.8) is 0 Å². The largest absolute Gasteiger partial charge is 0.481 e. The summed E-state index contributed by atoms with van der Waals surface area (Å²) in [5.74, 6) is -1.84. The molecule has 2 unspecified atom stereocenters. The second-order valence-corrected chi connectivity index (χ2v) is 4.03. The Hall–Kier alpha value is -1.10. The molecular weight excluding hydrogens is 276 g/mol. The molecule has 0 rings (SSSR count). The average Bonchev–Trinajstić information content (AvgIpc) is 2.43. The topological polar surface area (TPSA) is 154 Å². The van der Waals surface area contributed by atoms with Gasteiger partial charge in [-0.1, -0.05) is 0 Å². The van der Waals surface area contributed by atoms with Crippen LogP contribution in [-0.2, 0) is 19.1 Å². The van der Waals surface area contributed by atoms with Gasteiger partial charge in [-0.2, -0.15) is 0 Å². The van der Waals surface area contributed by atoms with Gasteiger partial charge < -0.3 is 35.0 Å². The molecule has 20 heavy (non-hydrogen) atoms. The summed E-state index contributed by atoms with van der Waals surface area (Å²) in [6.07, 6.45) is -4.65. The van der Waals surface area contributed by atoms with Crippen molar-refractivity contribution in [3.8, 4) is 0 Å². The molecule has 0 saturated heterocycles. The maximum atomic E-state index is 11.6. The van der Waals surface area contributed by atoms with Crippen LogP contribution in [-0.4, -0.2) is 82.2 Å². The molecule has 9 heteroatoms. The van der Waals surface area contributed by atoms with Gasteiger partial charge >= 0.3 is 5.97 Å². The zero-order chi connectivity index (χ0) is 15.5. The molecule has 0 aliphatic rings. The van der Waals surface area contributed by atoms with Crippen LogP contribution in [0.3, 0.4) is 0 Å². The van der Waals surface area contributed by atoms with Gasteiger partial charge in [0.15, 0.2) is 5.78 Å². The van der Waals surface area contributed by atoms with E-state index in [0.717, 1.165) is 0 Å². The molecule has 0 aromatic carbocycles. The lowest BCUT2D eigenvalue weighted by atomic mass is 10.2. The lowest BCUT2D eigenvalue weighted by molar-refractivity contribution is -0.186. The number of ether oxygens (including phenoxy) is 2. The number of carboxylic acid groups (broad SMARTS) is 1. The van der Waals surface area contributed by atoms with Crippen molar-refractivity contribution in [2.75, 3.05) is 26.4 Å². The van der Waals surface area contributed by atoms with Gasteiger partial charge in [0.25, 0.3) is 0 Å². The van der Waals surface area contributed by atoms with Crippen LogP contribution >= 0.6 is 0 Å². The van der Waals surface area contributed by atoms with Crippen LogP contribution < -0.4 is 0 Å². The van der Waals surface area contributed by atoms with Crippen molar-refractivity contribution < 1.29 is 44.6 Å². The second kappa shape index (κ2) is 10.7. The maximum absolute atomic E-state index is 11.6. The molecule has 0 heterocycles. The van der Waals surface area contributed by atoms with E-state index in [1.807, 2.05) is 0 Å². The second-order valence-electron chi connectivity index (χ2n) is 4.03. The highest BCUT2D eigenvalue weighted by Gasteiger charge is 2.22. The molecule has 0 bridgehead atoms. The predicted octanol–water partition coefficient (Wildman–Crippen LogP) is -2.51. The van der Waals surface area contributed by atoms with E-state index in [9.17, 15) is 9.59 Å². The summed E-state index contributed by atoms with van der Waals surface area (Å²) in [4.78, 5) is 22.0. The van der Waals surface area contributed by atoms with Crippen LogP contribution in [0, 0.1) is 0 Å². The van der Waals surface area contributed by atoms with E-state index >= 15 is 0 Å². The summed E-state index contributed by atoms with van der Waals surface area (Å²) in [6.45, 7) is -1.94. The van der Waals surface area contributed by atoms with Crippen molar-refractivity contribution in [1.29, 1.82) is 0 Å². The Labute approximate surface area is 115 Å². The number of Topliss-reactive ketones (excluding diaryl/α,β-unsaturated/α-hetero) is 1. The number of ketones is 1. The van der Waals surface area contributed by atoms with Crippen LogP contribution in [0.2, 0.25) is 0 Å². The zero-order valence-electron chi connectivity index (χ0n) is 10.8. The number of hydrogen-bond donors (Lipinski definition) is 5. The fourth-order valence-electron chi connectivity index (χ4n) is 1.08. The summed E-state index contributed by atoms with van der Waals surface area (Å²) in [5, 5.41) is 43.9.